The number of amides is 4. The second-order valence-corrected chi connectivity index (χ2v) is 21.7. The normalized spacial score (nSPS) is 26.3. The molecule has 3 aromatic heterocycles. The molecule has 1 spiro atoms. The maximum atomic E-state index is 15.0. The number of methoxy groups -OCH3 is 1. The number of carbonyl (C=O) groups is 5. The van der Waals surface area contributed by atoms with Gasteiger partial charge < -0.3 is 34.5 Å². The van der Waals surface area contributed by atoms with Gasteiger partial charge in [0, 0.05) is 91.8 Å². The fourth-order valence-electron chi connectivity index (χ4n) is 11.7. The van der Waals surface area contributed by atoms with Crippen LogP contribution in [0.25, 0.3) is 33.4 Å². The summed E-state index contributed by atoms with van der Waals surface area (Å²) in [6.07, 6.45) is 7.99. The van der Waals surface area contributed by atoms with Crippen molar-refractivity contribution in [3.05, 3.63) is 58.2 Å². The number of cyclic esters (lactones) is 1. The van der Waals surface area contributed by atoms with Gasteiger partial charge in [0.2, 0.25) is 17.7 Å². The molecular formula is C51H65N9O7S. The molecule has 1 aromatic carbocycles. The van der Waals surface area contributed by atoms with E-state index in [0.717, 1.165) is 70.4 Å². The van der Waals surface area contributed by atoms with Crippen LogP contribution < -0.4 is 16.1 Å². The molecule has 17 heteroatoms. The Morgan fingerprint density at radius 1 is 1.06 bits per heavy atom. The van der Waals surface area contributed by atoms with Gasteiger partial charge in [-0.2, -0.15) is 0 Å². The van der Waals surface area contributed by atoms with Crippen LogP contribution >= 0.6 is 11.3 Å². The Hall–Kier alpha value is -5.23. The minimum Gasteiger partial charge on any atom is -0.464 e. The monoisotopic (exact) mass is 947 g/mol. The van der Waals surface area contributed by atoms with Crippen molar-refractivity contribution in [3.8, 4) is 22.5 Å². The van der Waals surface area contributed by atoms with Gasteiger partial charge in [-0.15, -0.1) is 11.3 Å². The fourth-order valence-corrected chi connectivity index (χ4v) is 12.6. The number of esters is 1. The molecule has 3 N–H and O–H groups in total. The second-order valence-electron chi connectivity index (χ2n) is 20.8. The predicted molar refractivity (Wildman–Crippen MR) is 257 cm³/mol. The third-order valence-corrected chi connectivity index (χ3v) is 16.4. The van der Waals surface area contributed by atoms with E-state index in [1.807, 2.05) is 23.3 Å². The number of carbonyl (C=O) groups excluding carboxylic acids is 5. The first-order chi connectivity index (χ1) is 32.8. The fraction of sp³-hybridized carbons (Fsp3) is 0.588. The highest BCUT2D eigenvalue weighted by Gasteiger charge is 2.56. The third-order valence-electron chi connectivity index (χ3n) is 15.5. The van der Waals surface area contributed by atoms with E-state index in [-0.39, 0.29) is 54.7 Å². The zero-order chi connectivity index (χ0) is 47.5. The van der Waals surface area contributed by atoms with Gasteiger partial charge in [0.25, 0.3) is 5.91 Å². The van der Waals surface area contributed by atoms with Crippen molar-refractivity contribution in [2.75, 3.05) is 46.4 Å². The summed E-state index contributed by atoms with van der Waals surface area (Å²) in [4.78, 5) is 85.0. The van der Waals surface area contributed by atoms with Crippen molar-refractivity contribution in [2.24, 2.45) is 16.7 Å². The summed E-state index contributed by atoms with van der Waals surface area (Å²) in [6.45, 7) is 11.5. The summed E-state index contributed by atoms with van der Waals surface area (Å²) in [7, 11) is 1.69. The highest BCUT2D eigenvalue weighted by Crippen LogP contribution is 2.45. The molecule has 1 saturated carbocycles. The Kier molecular flexibility index (Phi) is 12.7. The Morgan fingerprint density at radius 3 is 2.62 bits per heavy atom. The number of likely N-dealkylation sites (tertiary alicyclic amines) is 2. The molecule has 0 unspecified atom stereocenters. The number of ether oxygens (including phenoxy) is 2. The molecule has 362 valence electrons. The van der Waals surface area contributed by atoms with E-state index >= 15 is 0 Å². The van der Waals surface area contributed by atoms with E-state index in [1.165, 1.54) is 16.3 Å². The average molecular weight is 948 g/mol. The second kappa shape index (κ2) is 18.6. The van der Waals surface area contributed by atoms with E-state index < -0.39 is 34.9 Å². The lowest BCUT2D eigenvalue weighted by Gasteiger charge is -2.37. The first kappa shape index (κ1) is 46.5. The molecule has 10 rings (SSSR count). The molecule has 1 aliphatic carbocycles. The molecule has 4 amide bonds. The lowest BCUT2D eigenvalue weighted by atomic mass is 9.84. The highest BCUT2D eigenvalue weighted by molar-refractivity contribution is 7.10. The summed E-state index contributed by atoms with van der Waals surface area (Å²) in [5.74, 6) is -1.25. The standard InChI is InChI=1S/C51H65N9O7S/c1-6-58-40-16-15-32-23-34(40)35(44(58)33-13-9-19-52-42(33)30(2)66-5)25-50(3,4)29-67-48(64)36-14-10-20-60(56-36)47(63)37(24-41-54-39(32)27-68-41)55-45(61)43(31-11-7-8-12-31)59-22-18-51(49(59)65)17-21-57(28-51)46(62)38-26-53-38/h9,13,15-16,19,23,27,30-31,36-38,43,53,56H,6-8,10-12,14,17-18,20-22,24-26,28-29H2,1-5H3,(H,55,61)/t30-,36-,37-,38+,43-,51-/m0/s1. The lowest BCUT2D eigenvalue weighted by Crippen LogP contribution is -2.62. The molecule has 6 atom stereocenters. The van der Waals surface area contributed by atoms with Crippen LogP contribution in [0, 0.1) is 16.7 Å². The van der Waals surface area contributed by atoms with Gasteiger partial charge in [-0.05, 0) is 94.5 Å². The SMILES string of the molecule is CCn1c(-c2cccnc2[C@H](C)OC)c2c3cc(ccc31)-c1csc(n1)C[C@H](NC(=O)[C@H](C1CCCC1)N1CC[C@]3(CCN(C(=O)[C@H]4CN4)C3)C1=O)C(=O)N1CCC[C@H](N1)C(=O)OCC(C)(C)C2. The van der Waals surface area contributed by atoms with Crippen molar-refractivity contribution in [1.82, 2.24) is 45.4 Å². The van der Waals surface area contributed by atoms with Gasteiger partial charge in [-0.3, -0.25) is 34.0 Å². The maximum Gasteiger partial charge on any atom is 0.324 e. The number of nitrogens with one attached hydrogen (secondary N) is 3. The largest absolute Gasteiger partial charge is 0.464 e. The first-order valence-electron chi connectivity index (χ1n) is 24.7. The van der Waals surface area contributed by atoms with Crippen molar-refractivity contribution < 1.29 is 33.4 Å². The van der Waals surface area contributed by atoms with E-state index in [4.69, 9.17) is 19.4 Å². The number of fused-ring (bicyclic) bond motifs is 6. The van der Waals surface area contributed by atoms with Gasteiger partial charge in [0.05, 0.1) is 46.3 Å². The molecule has 5 aliphatic heterocycles. The van der Waals surface area contributed by atoms with Crippen LogP contribution in [-0.4, -0.2) is 130 Å². The van der Waals surface area contributed by atoms with Gasteiger partial charge in [-0.25, -0.2) is 10.4 Å². The Bertz CT molecular complexity index is 2620. The van der Waals surface area contributed by atoms with Gasteiger partial charge in [0.1, 0.15) is 18.1 Å². The van der Waals surface area contributed by atoms with Crippen molar-refractivity contribution >= 4 is 51.8 Å². The first-order valence-corrected chi connectivity index (χ1v) is 25.6. The summed E-state index contributed by atoms with van der Waals surface area (Å²) < 4.78 is 14.3. The summed E-state index contributed by atoms with van der Waals surface area (Å²) in [5.41, 5.74) is 8.71. The summed E-state index contributed by atoms with van der Waals surface area (Å²) >= 11 is 1.44. The van der Waals surface area contributed by atoms with Crippen LogP contribution in [-0.2, 0) is 52.8 Å². The minimum absolute atomic E-state index is 0.0427. The molecule has 68 heavy (non-hydrogen) atoms. The Morgan fingerprint density at radius 2 is 1.85 bits per heavy atom. The van der Waals surface area contributed by atoms with E-state index in [1.54, 1.807) is 18.2 Å². The molecular weight excluding hydrogens is 883 g/mol. The molecule has 8 heterocycles. The zero-order valence-electron chi connectivity index (χ0n) is 40.0. The number of pyridine rings is 1. The van der Waals surface area contributed by atoms with Crippen LogP contribution in [0.5, 0.6) is 0 Å². The minimum atomic E-state index is -1.04. The van der Waals surface area contributed by atoms with Crippen LogP contribution in [0.4, 0.5) is 0 Å². The predicted octanol–water partition coefficient (Wildman–Crippen LogP) is 5.18. The number of aryl methyl sites for hydroxylation is 1. The molecule has 6 bridgehead atoms. The van der Waals surface area contributed by atoms with E-state index in [0.29, 0.717) is 76.4 Å². The van der Waals surface area contributed by atoms with Crippen LogP contribution in [0.2, 0.25) is 0 Å². The number of hydrogen-bond acceptors (Lipinski definition) is 12. The zero-order valence-corrected chi connectivity index (χ0v) is 40.8. The van der Waals surface area contributed by atoms with Gasteiger partial charge >= 0.3 is 5.97 Å². The van der Waals surface area contributed by atoms with Crippen molar-refractivity contribution in [2.45, 2.75) is 129 Å². The number of hydrazine groups is 1. The molecule has 0 radical (unpaired) electrons. The molecule has 16 nitrogen and oxygen atoms in total. The highest BCUT2D eigenvalue weighted by atomic mass is 32.1. The average Bonchev–Trinajstić information content (AvgIpc) is 3.75. The molecule has 4 saturated heterocycles. The van der Waals surface area contributed by atoms with E-state index in [2.05, 4.69) is 65.7 Å². The number of thiazole rings is 1. The number of hydrogen-bond donors (Lipinski definition) is 3. The third kappa shape index (κ3) is 8.72. The number of benzene rings is 1. The van der Waals surface area contributed by atoms with Crippen LogP contribution in [0.3, 0.4) is 0 Å². The topological polar surface area (TPSA) is 190 Å². The molecule has 6 aliphatic rings. The van der Waals surface area contributed by atoms with Gasteiger partial charge in [0.15, 0.2) is 0 Å². The number of aromatic nitrogens is 3. The van der Waals surface area contributed by atoms with E-state index in [9.17, 15) is 24.0 Å². The van der Waals surface area contributed by atoms with Crippen molar-refractivity contribution in [1.29, 1.82) is 0 Å². The Labute approximate surface area is 401 Å². The molecule has 4 aromatic rings. The van der Waals surface area contributed by atoms with Gasteiger partial charge in [-0.1, -0.05) is 32.8 Å². The smallest absolute Gasteiger partial charge is 0.324 e. The maximum absolute atomic E-state index is 15.0. The summed E-state index contributed by atoms with van der Waals surface area (Å²) in [5, 5.41) is 11.5. The molecule has 5 fully saturated rings. The Balaban J connectivity index is 1.00. The van der Waals surface area contributed by atoms with Crippen molar-refractivity contribution in [3.63, 3.8) is 0 Å². The van der Waals surface area contributed by atoms with Crippen LogP contribution in [0.1, 0.15) is 101 Å². The van der Waals surface area contributed by atoms with Crippen LogP contribution in [0.15, 0.2) is 41.9 Å². The lowest BCUT2D eigenvalue weighted by molar-refractivity contribution is -0.155. The quantitative estimate of drug-likeness (QED) is 0.148. The summed E-state index contributed by atoms with van der Waals surface area (Å²) in [6, 6.07) is 7.76. The number of rotatable bonds is 9. The number of nitrogens with zero attached hydrogens (tertiary/aromatic N) is 6.